The third-order valence-corrected chi connectivity index (χ3v) is 3.62. The van der Waals surface area contributed by atoms with Gasteiger partial charge in [-0.25, -0.2) is 4.98 Å². The van der Waals surface area contributed by atoms with Crippen molar-refractivity contribution in [3.05, 3.63) is 29.6 Å². The number of hydrogen-bond donors (Lipinski definition) is 1. The Morgan fingerprint density at radius 1 is 1.33 bits per heavy atom. The van der Waals surface area contributed by atoms with Crippen LogP contribution in [0.2, 0.25) is 0 Å². The first-order valence-corrected chi connectivity index (χ1v) is 7.47. The normalized spacial score (nSPS) is 11.1. The Balaban J connectivity index is 2.49. The number of anilines is 1. The molecule has 21 heavy (non-hydrogen) atoms. The smallest absolute Gasteiger partial charge is 0.131 e. The summed E-state index contributed by atoms with van der Waals surface area (Å²) >= 11 is 0. The number of imidazole rings is 1. The van der Waals surface area contributed by atoms with Crippen LogP contribution in [0.15, 0.2) is 18.2 Å². The van der Waals surface area contributed by atoms with Gasteiger partial charge in [-0.15, -0.1) is 0 Å². The van der Waals surface area contributed by atoms with E-state index >= 15 is 0 Å². The molecule has 0 unspecified atom stereocenters. The van der Waals surface area contributed by atoms with Crippen LogP contribution in [0, 0.1) is 12.8 Å². The second-order valence-corrected chi connectivity index (χ2v) is 5.80. The van der Waals surface area contributed by atoms with Crippen molar-refractivity contribution in [2.24, 2.45) is 5.92 Å². The first-order valence-electron chi connectivity index (χ1n) is 7.47. The average Bonchev–Trinajstić information content (AvgIpc) is 2.75. The summed E-state index contributed by atoms with van der Waals surface area (Å²) < 4.78 is 7.45. The standard InChI is InChI=1S/C17H25N3O/c1-6-15-19-16(17(18)20(15)10-11(2)3)13-7-8-14(21-5)12(4)9-13/h7-9,11H,6,10,18H2,1-5H3. The van der Waals surface area contributed by atoms with E-state index in [9.17, 15) is 0 Å². The minimum absolute atomic E-state index is 0.539. The largest absolute Gasteiger partial charge is 0.496 e. The van der Waals surface area contributed by atoms with E-state index in [2.05, 4.69) is 31.4 Å². The van der Waals surface area contributed by atoms with E-state index in [1.807, 2.05) is 19.1 Å². The molecule has 2 rings (SSSR count). The SMILES string of the molecule is CCc1nc(-c2ccc(OC)c(C)c2)c(N)n1CC(C)C. The quantitative estimate of drug-likeness (QED) is 0.913. The topological polar surface area (TPSA) is 53.1 Å². The summed E-state index contributed by atoms with van der Waals surface area (Å²) in [5, 5.41) is 0. The number of benzene rings is 1. The van der Waals surface area contributed by atoms with Crippen LogP contribution in [0.4, 0.5) is 5.82 Å². The maximum absolute atomic E-state index is 6.35. The zero-order valence-electron chi connectivity index (χ0n) is 13.6. The predicted molar refractivity (Wildman–Crippen MR) is 87.6 cm³/mol. The van der Waals surface area contributed by atoms with E-state index in [0.29, 0.717) is 5.92 Å². The molecule has 4 nitrogen and oxygen atoms in total. The van der Waals surface area contributed by atoms with Gasteiger partial charge < -0.3 is 15.0 Å². The highest BCUT2D eigenvalue weighted by Crippen LogP contribution is 2.30. The highest BCUT2D eigenvalue weighted by Gasteiger charge is 2.16. The van der Waals surface area contributed by atoms with Gasteiger partial charge in [0.15, 0.2) is 0 Å². The van der Waals surface area contributed by atoms with Gasteiger partial charge in [-0.05, 0) is 36.6 Å². The number of nitrogen functional groups attached to an aromatic ring is 1. The van der Waals surface area contributed by atoms with E-state index < -0.39 is 0 Å². The first-order chi connectivity index (χ1) is 9.97. The lowest BCUT2D eigenvalue weighted by atomic mass is 10.1. The zero-order valence-corrected chi connectivity index (χ0v) is 13.6. The fraction of sp³-hybridized carbons (Fsp3) is 0.471. The summed E-state index contributed by atoms with van der Waals surface area (Å²) in [5.74, 6) is 3.22. The molecule has 0 saturated heterocycles. The van der Waals surface area contributed by atoms with Gasteiger partial charge in [0, 0.05) is 18.5 Å². The van der Waals surface area contributed by atoms with Gasteiger partial charge in [0.1, 0.15) is 23.1 Å². The van der Waals surface area contributed by atoms with Gasteiger partial charge >= 0.3 is 0 Å². The highest BCUT2D eigenvalue weighted by molar-refractivity contribution is 5.72. The van der Waals surface area contributed by atoms with Crippen molar-refractivity contribution in [2.75, 3.05) is 12.8 Å². The molecular weight excluding hydrogens is 262 g/mol. The molecule has 4 heteroatoms. The van der Waals surface area contributed by atoms with Crippen LogP contribution < -0.4 is 10.5 Å². The zero-order chi connectivity index (χ0) is 15.6. The second-order valence-electron chi connectivity index (χ2n) is 5.80. The lowest BCUT2D eigenvalue weighted by molar-refractivity contribution is 0.412. The lowest BCUT2D eigenvalue weighted by Gasteiger charge is -2.11. The Labute approximate surface area is 127 Å². The van der Waals surface area contributed by atoms with E-state index in [0.717, 1.165) is 47.2 Å². The van der Waals surface area contributed by atoms with Crippen LogP contribution in [-0.2, 0) is 13.0 Å². The van der Waals surface area contributed by atoms with Crippen LogP contribution in [0.3, 0.4) is 0 Å². The van der Waals surface area contributed by atoms with Crippen molar-refractivity contribution >= 4 is 5.82 Å². The molecular formula is C17H25N3O. The Kier molecular flexibility index (Phi) is 4.56. The van der Waals surface area contributed by atoms with E-state index in [-0.39, 0.29) is 0 Å². The molecule has 0 spiro atoms. The molecule has 0 aliphatic heterocycles. The number of aromatic nitrogens is 2. The van der Waals surface area contributed by atoms with Crippen LogP contribution in [0.1, 0.15) is 32.2 Å². The third-order valence-electron chi connectivity index (χ3n) is 3.62. The van der Waals surface area contributed by atoms with E-state index in [1.165, 1.54) is 0 Å². The van der Waals surface area contributed by atoms with Gasteiger partial charge in [0.2, 0.25) is 0 Å². The van der Waals surface area contributed by atoms with Gasteiger partial charge in [-0.2, -0.15) is 0 Å². The molecule has 0 radical (unpaired) electrons. The van der Waals surface area contributed by atoms with Gasteiger partial charge in [-0.3, -0.25) is 0 Å². The van der Waals surface area contributed by atoms with Crippen LogP contribution >= 0.6 is 0 Å². The predicted octanol–water partition coefficient (Wildman–Crippen LogP) is 3.67. The van der Waals surface area contributed by atoms with Crippen LogP contribution in [0.5, 0.6) is 5.75 Å². The highest BCUT2D eigenvalue weighted by atomic mass is 16.5. The molecule has 0 atom stereocenters. The van der Waals surface area contributed by atoms with Gasteiger partial charge in [-0.1, -0.05) is 20.8 Å². The minimum atomic E-state index is 0.539. The molecule has 0 bridgehead atoms. The lowest BCUT2D eigenvalue weighted by Crippen LogP contribution is -2.10. The van der Waals surface area contributed by atoms with Gasteiger partial charge in [0.05, 0.1) is 7.11 Å². The molecule has 0 saturated carbocycles. The number of aryl methyl sites for hydroxylation is 2. The van der Waals surface area contributed by atoms with Crippen molar-refractivity contribution in [3.63, 3.8) is 0 Å². The molecule has 0 fully saturated rings. The van der Waals surface area contributed by atoms with Crippen LogP contribution in [-0.4, -0.2) is 16.7 Å². The number of methoxy groups -OCH3 is 1. The monoisotopic (exact) mass is 287 g/mol. The Hall–Kier alpha value is -1.97. The van der Waals surface area contributed by atoms with Crippen molar-refractivity contribution in [1.29, 1.82) is 0 Å². The second kappa shape index (κ2) is 6.20. The fourth-order valence-corrected chi connectivity index (χ4v) is 2.59. The maximum Gasteiger partial charge on any atom is 0.131 e. The van der Waals surface area contributed by atoms with Crippen LogP contribution in [0.25, 0.3) is 11.3 Å². The summed E-state index contributed by atoms with van der Waals surface area (Å²) in [6.45, 7) is 9.43. The molecule has 0 aliphatic rings. The number of nitrogens with two attached hydrogens (primary N) is 1. The molecule has 0 aliphatic carbocycles. The fourth-order valence-electron chi connectivity index (χ4n) is 2.59. The Morgan fingerprint density at radius 3 is 2.57 bits per heavy atom. The molecule has 1 aromatic carbocycles. The van der Waals surface area contributed by atoms with Crippen molar-refractivity contribution in [3.8, 4) is 17.0 Å². The maximum atomic E-state index is 6.35. The first kappa shape index (κ1) is 15.4. The molecule has 0 amide bonds. The van der Waals surface area contributed by atoms with Gasteiger partial charge in [0.25, 0.3) is 0 Å². The molecule has 2 aromatic rings. The summed E-state index contributed by atoms with van der Waals surface area (Å²) in [7, 11) is 1.68. The number of ether oxygens (including phenoxy) is 1. The third kappa shape index (κ3) is 3.04. The Bertz CT molecular complexity index is 629. The summed E-state index contributed by atoms with van der Waals surface area (Å²) in [5.41, 5.74) is 9.36. The van der Waals surface area contributed by atoms with Crippen molar-refractivity contribution in [1.82, 2.24) is 9.55 Å². The number of hydrogen-bond acceptors (Lipinski definition) is 3. The molecule has 1 heterocycles. The van der Waals surface area contributed by atoms with E-state index in [1.54, 1.807) is 7.11 Å². The summed E-state index contributed by atoms with van der Waals surface area (Å²) in [6.07, 6.45) is 0.881. The molecule has 114 valence electrons. The molecule has 2 N–H and O–H groups in total. The number of rotatable bonds is 5. The Morgan fingerprint density at radius 2 is 2.05 bits per heavy atom. The number of nitrogens with zero attached hydrogens (tertiary/aromatic N) is 2. The minimum Gasteiger partial charge on any atom is -0.496 e. The van der Waals surface area contributed by atoms with E-state index in [4.69, 9.17) is 15.5 Å². The molecule has 1 aromatic heterocycles. The average molecular weight is 287 g/mol. The van der Waals surface area contributed by atoms with Crippen molar-refractivity contribution < 1.29 is 4.74 Å². The summed E-state index contributed by atoms with van der Waals surface area (Å²) in [4.78, 5) is 4.75. The van der Waals surface area contributed by atoms with Crippen molar-refractivity contribution in [2.45, 2.75) is 40.7 Å². The summed E-state index contributed by atoms with van der Waals surface area (Å²) in [6, 6.07) is 6.07.